The van der Waals surface area contributed by atoms with E-state index in [0.29, 0.717) is 0 Å². The van der Waals surface area contributed by atoms with Gasteiger partial charge in [-0.15, -0.1) is 0 Å². The van der Waals surface area contributed by atoms with Crippen LogP contribution in [0.4, 0.5) is 0 Å². The maximum Gasteiger partial charge on any atom is 0.169 e. The number of aromatic nitrogens is 1. The van der Waals surface area contributed by atoms with Crippen LogP contribution >= 0.6 is 0 Å². The van der Waals surface area contributed by atoms with Gasteiger partial charge in [-0.1, -0.05) is 139 Å². The van der Waals surface area contributed by atoms with E-state index < -0.39 is 0 Å². The normalized spacial score (nSPS) is 11.4. The van der Waals surface area contributed by atoms with Crippen molar-refractivity contribution < 1.29 is 4.57 Å². The van der Waals surface area contributed by atoms with Gasteiger partial charge in [-0.2, -0.15) is 0 Å². The molecule has 176 valence electrons. The third-order valence-electron chi connectivity index (χ3n) is 6.45. The van der Waals surface area contributed by atoms with Crippen LogP contribution in [0.2, 0.25) is 0 Å². The summed E-state index contributed by atoms with van der Waals surface area (Å²) >= 11 is 0. The topological polar surface area (TPSA) is 3.88 Å². The fourth-order valence-electron chi connectivity index (χ4n) is 4.33. The summed E-state index contributed by atoms with van der Waals surface area (Å²) in [6, 6.07) is 14.9. The Hall–Kier alpha value is -1.89. The molecule has 0 aliphatic rings. The molecule has 0 saturated heterocycles. The van der Waals surface area contributed by atoms with Crippen molar-refractivity contribution in [3.05, 3.63) is 66.0 Å². The summed E-state index contributed by atoms with van der Waals surface area (Å²) in [5.41, 5.74) is 2.51. The van der Waals surface area contributed by atoms with Crippen LogP contribution in [0.3, 0.4) is 0 Å². The van der Waals surface area contributed by atoms with Crippen LogP contribution in [-0.4, -0.2) is 0 Å². The Morgan fingerprint density at radius 3 is 1.38 bits per heavy atom. The van der Waals surface area contributed by atoms with Crippen molar-refractivity contribution in [3.63, 3.8) is 0 Å². The molecule has 1 heteroatoms. The van der Waals surface area contributed by atoms with Crippen molar-refractivity contribution in [1.82, 2.24) is 0 Å². The molecule has 0 amide bonds. The molecule has 0 spiro atoms. The second kappa shape index (κ2) is 18.7. The molecule has 0 saturated carbocycles. The maximum absolute atomic E-state index is 2.32. The number of pyridine rings is 1. The average Bonchev–Trinajstić information content (AvgIpc) is 2.84. The van der Waals surface area contributed by atoms with E-state index in [2.05, 4.69) is 78.5 Å². The highest BCUT2D eigenvalue weighted by atomic mass is 14.9. The Morgan fingerprint density at radius 2 is 0.906 bits per heavy atom. The van der Waals surface area contributed by atoms with Gasteiger partial charge in [-0.3, -0.25) is 0 Å². The molecular formula is C31H48N+. The summed E-state index contributed by atoms with van der Waals surface area (Å²) < 4.78 is 2.32. The average molecular weight is 435 g/mol. The van der Waals surface area contributed by atoms with Crippen molar-refractivity contribution in [2.24, 2.45) is 0 Å². The summed E-state index contributed by atoms with van der Waals surface area (Å²) in [4.78, 5) is 0. The number of rotatable bonds is 19. The van der Waals surface area contributed by atoms with E-state index in [0.717, 1.165) is 6.54 Å². The fraction of sp³-hybridized carbons (Fsp3) is 0.581. The molecule has 1 aromatic carbocycles. The molecule has 0 N–H and O–H groups in total. The lowest BCUT2D eigenvalue weighted by Gasteiger charge is -2.03. The van der Waals surface area contributed by atoms with Gasteiger partial charge in [0.2, 0.25) is 0 Å². The van der Waals surface area contributed by atoms with Crippen molar-refractivity contribution >= 4 is 12.2 Å². The first-order valence-electron chi connectivity index (χ1n) is 13.6. The van der Waals surface area contributed by atoms with Gasteiger partial charge >= 0.3 is 0 Å². The predicted molar refractivity (Wildman–Crippen MR) is 142 cm³/mol. The molecule has 0 fully saturated rings. The van der Waals surface area contributed by atoms with E-state index in [9.17, 15) is 0 Å². The number of aryl methyl sites for hydroxylation is 1. The highest BCUT2D eigenvalue weighted by molar-refractivity contribution is 5.68. The van der Waals surface area contributed by atoms with Gasteiger partial charge in [0.05, 0.1) is 0 Å². The summed E-state index contributed by atoms with van der Waals surface area (Å²) in [5.74, 6) is 0. The molecule has 1 aromatic heterocycles. The molecule has 2 rings (SSSR count). The van der Waals surface area contributed by atoms with E-state index in [4.69, 9.17) is 0 Å². The third kappa shape index (κ3) is 13.5. The lowest BCUT2D eigenvalue weighted by atomic mass is 10.0. The SMILES string of the molecule is CCCCCCCCCCCCCCCCCC[n+]1ccc(/C=C\c2ccccc2)cc1. The van der Waals surface area contributed by atoms with Crippen LogP contribution in [0.5, 0.6) is 0 Å². The Bertz CT molecular complexity index is 686. The van der Waals surface area contributed by atoms with Crippen molar-refractivity contribution in [2.75, 3.05) is 0 Å². The zero-order valence-corrected chi connectivity index (χ0v) is 20.8. The number of unbranched alkanes of at least 4 members (excludes halogenated alkanes) is 15. The largest absolute Gasteiger partial charge is 0.205 e. The molecule has 0 unspecified atom stereocenters. The first-order chi connectivity index (χ1) is 15.9. The van der Waals surface area contributed by atoms with Gasteiger partial charge < -0.3 is 0 Å². The molecule has 1 nitrogen and oxygen atoms in total. The minimum Gasteiger partial charge on any atom is -0.205 e. The first kappa shape index (κ1) is 26.4. The first-order valence-corrected chi connectivity index (χ1v) is 13.6. The number of hydrogen-bond donors (Lipinski definition) is 0. The summed E-state index contributed by atoms with van der Waals surface area (Å²) in [7, 11) is 0. The van der Waals surface area contributed by atoms with Gasteiger partial charge in [-0.05, 0) is 17.5 Å². The summed E-state index contributed by atoms with van der Waals surface area (Å²) in [5, 5.41) is 0. The van der Waals surface area contributed by atoms with Crippen LogP contribution < -0.4 is 4.57 Å². The smallest absolute Gasteiger partial charge is 0.169 e. The predicted octanol–water partition coefficient (Wildman–Crippen LogP) is 9.41. The van der Waals surface area contributed by atoms with E-state index in [1.807, 2.05) is 0 Å². The Labute approximate surface area is 199 Å². The second-order valence-corrected chi connectivity index (χ2v) is 9.42. The Balaban J connectivity index is 1.39. The fourth-order valence-corrected chi connectivity index (χ4v) is 4.33. The second-order valence-electron chi connectivity index (χ2n) is 9.42. The van der Waals surface area contributed by atoms with Gasteiger partial charge in [0.1, 0.15) is 6.54 Å². The van der Waals surface area contributed by atoms with Gasteiger partial charge in [0.25, 0.3) is 0 Å². The van der Waals surface area contributed by atoms with Gasteiger partial charge in [-0.25, -0.2) is 4.57 Å². The lowest BCUT2D eigenvalue weighted by Crippen LogP contribution is -2.32. The molecule has 1 heterocycles. The molecule has 32 heavy (non-hydrogen) atoms. The minimum atomic E-state index is 1.14. The summed E-state index contributed by atoms with van der Waals surface area (Å²) in [6.45, 7) is 3.44. The van der Waals surface area contributed by atoms with E-state index in [1.54, 1.807) is 0 Å². The summed E-state index contributed by atoms with van der Waals surface area (Å²) in [6.07, 6.45) is 31.6. The van der Waals surface area contributed by atoms with Crippen molar-refractivity contribution in [3.8, 4) is 0 Å². The van der Waals surface area contributed by atoms with Crippen LogP contribution in [0.15, 0.2) is 54.9 Å². The van der Waals surface area contributed by atoms with Crippen molar-refractivity contribution in [2.45, 2.75) is 116 Å². The Morgan fingerprint density at radius 1 is 0.500 bits per heavy atom. The zero-order chi connectivity index (χ0) is 22.5. The third-order valence-corrected chi connectivity index (χ3v) is 6.45. The number of nitrogens with zero attached hydrogens (tertiary/aromatic N) is 1. The van der Waals surface area contributed by atoms with Gasteiger partial charge in [0.15, 0.2) is 12.4 Å². The highest BCUT2D eigenvalue weighted by Gasteiger charge is 2.00. The Kier molecular flexibility index (Phi) is 15.4. The maximum atomic E-state index is 2.32. The van der Waals surface area contributed by atoms with Crippen LogP contribution in [0.25, 0.3) is 12.2 Å². The lowest BCUT2D eigenvalue weighted by molar-refractivity contribution is -0.697. The molecule has 0 bridgehead atoms. The quantitative estimate of drug-likeness (QED) is 0.153. The van der Waals surface area contributed by atoms with E-state index in [1.165, 1.54) is 114 Å². The molecule has 0 aliphatic heterocycles. The molecule has 0 radical (unpaired) electrons. The van der Waals surface area contributed by atoms with E-state index in [-0.39, 0.29) is 0 Å². The standard InChI is InChI=1S/C31H48N/c1-2-3-4-5-6-7-8-9-10-11-12-13-14-15-16-20-27-32-28-25-31(26-29-32)24-23-30-21-18-17-19-22-30/h17-19,21-26,28-29H,2-16,20,27H2,1H3/q+1/b24-23-. The van der Waals surface area contributed by atoms with Crippen molar-refractivity contribution in [1.29, 1.82) is 0 Å². The number of hydrogen-bond acceptors (Lipinski definition) is 0. The van der Waals surface area contributed by atoms with Crippen LogP contribution in [0.1, 0.15) is 121 Å². The highest BCUT2D eigenvalue weighted by Crippen LogP contribution is 2.13. The van der Waals surface area contributed by atoms with Gasteiger partial charge in [0, 0.05) is 18.6 Å². The number of benzene rings is 1. The van der Waals surface area contributed by atoms with E-state index >= 15 is 0 Å². The monoisotopic (exact) mass is 434 g/mol. The molecule has 0 aliphatic carbocycles. The molecule has 0 atom stereocenters. The molecular weight excluding hydrogens is 386 g/mol. The minimum absolute atomic E-state index is 1.14. The van der Waals surface area contributed by atoms with Crippen LogP contribution in [0, 0.1) is 0 Å². The zero-order valence-electron chi connectivity index (χ0n) is 20.8. The molecule has 2 aromatic rings. The van der Waals surface area contributed by atoms with Crippen LogP contribution in [-0.2, 0) is 6.54 Å².